The summed E-state index contributed by atoms with van der Waals surface area (Å²) in [6.45, 7) is 1.94. The molecule has 0 radical (unpaired) electrons. The minimum Gasteiger partial charge on any atom is -0.368 e. The Kier molecular flexibility index (Phi) is 2.87. The molecule has 6 heteroatoms. The molecule has 0 aliphatic carbocycles. The number of nitrogens with zero attached hydrogens (tertiary/aromatic N) is 3. The number of anilines is 3. The van der Waals surface area contributed by atoms with Crippen LogP contribution < -0.4 is 11.1 Å². The summed E-state index contributed by atoms with van der Waals surface area (Å²) in [5.41, 5.74) is 7.23. The predicted molar refractivity (Wildman–Crippen MR) is 63.7 cm³/mol. The highest BCUT2D eigenvalue weighted by atomic mass is 35.5. The van der Waals surface area contributed by atoms with Crippen molar-refractivity contribution < 1.29 is 0 Å². The van der Waals surface area contributed by atoms with Crippen molar-refractivity contribution in [2.45, 2.75) is 6.92 Å². The molecular weight excluding hydrogens is 226 g/mol. The third-order valence-electron chi connectivity index (χ3n) is 2.05. The molecule has 5 nitrogen and oxygen atoms in total. The molecular formula is C10H10ClN5. The molecule has 0 aliphatic rings. The van der Waals surface area contributed by atoms with Crippen LogP contribution in [0.25, 0.3) is 0 Å². The maximum absolute atomic E-state index is 6.05. The third-order valence-corrected chi connectivity index (χ3v) is 2.36. The number of aromatic nitrogens is 3. The van der Waals surface area contributed by atoms with Gasteiger partial charge in [-0.2, -0.15) is 4.98 Å². The fraction of sp³-hybridized carbons (Fsp3) is 0.100. The maximum Gasteiger partial charge on any atom is 0.232 e. The Morgan fingerprint density at radius 3 is 2.81 bits per heavy atom. The van der Waals surface area contributed by atoms with Gasteiger partial charge < -0.3 is 11.1 Å². The van der Waals surface area contributed by atoms with Crippen molar-refractivity contribution in [2.75, 3.05) is 11.1 Å². The molecule has 0 spiro atoms. The largest absolute Gasteiger partial charge is 0.368 e. The second-order valence-electron chi connectivity index (χ2n) is 3.22. The van der Waals surface area contributed by atoms with Gasteiger partial charge in [0.2, 0.25) is 11.9 Å². The first-order valence-corrected chi connectivity index (χ1v) is 5.01. The zero-order valence-corrected chi connectivity index (χ0v) is 9.36. The van der Waals surface area contributed by atoms with Crippen LogP contribution in [0.15, 0.2) is 24.5 Å². The van der Waals surface area contributed by atoms with Crippen LogP contribution in [0, 0.1) is 6.92 Å². The highest BCUT2D eigenvalue weighted by Crippen LogP contribution is 2.27. The fourth-order valence-electron chi connectivity index (χ4n) is 1.27. The molecule has 0 bridgehead atoms. The number of hydrogen-bond donors (Lipinski definition) is 2. The summed E-state index contributed by atoms with van der Waals surface area (Å²) in [6.07, 6.45) is 1.34. The van der Waals surface area contributed by atoms with Crippen LogP contribution >= 0.6 is 11.6 Å². The number of nitrogens with one attached hydrogen (secondary N) is 1. The molecule has 3 N–H and O–H groups in total. The number of benzene rings is 1. The summed E-state index contributed by atoms with van der Waals surface area (Å²) in [6, 6.07) is 5.62. The van der Waals surface area contributed by atoms with Crippen molar-refractivity contribution in [1.82, 2.24) is 15.0 Å². The first-order chi connectivity index (χ1) is 7.66. The number of nitrogens with two attached hydrogens (primary N) is 1. The Balaban J connectivity index is 2.34. The Bertz CT molecular complexity index is 494. The van der Waals surface area contributed by atoms with Gasteiger partial charge in [-0.25, -0.2) is 9.97 Å². The molecule has 0 atom stereocenters. The van der Waals surface area contributed by atoms with Crippen LogP contribution in [0.5, 0.6) is 0 Å². The number of rotatable bonds is 2. The summed E-state index contributed by atoms with van der Waals surface area (Å²) in [5.74, 6) is 0.547. The molecule has 1 aromatic carbocycles. The molecule has 2 aromatic rings. The Labute approximate surface area is 97.7 Å². The van der Waals surface area contributed by atoms with Crippen molar-refractivity contribution in [3.05, 3.63) is 35.1 Å². The maximum atomic E-state index is 6.05. The number of halogens is 1. The van der Waals surface area contributed by atoms with Crippen LogP contribution in [0.3, 0.4) is 0 Å². The standard InChI is InChI=1S/C10H10ClN5/c1-6-3-2-4-7(11)8(6)15-10-14-5-13-9(12)16-10/h2-5H,1H3,(H3,12,13,14,15,16). The SMILES string of the molecule is Cc1cccc(Cl)c1Nc1ncnc(N)n1. The van der Waals surface area contributed by atoms with Crippen LogP contribution in [0.2, 0.25) is 5.02 Å². The average Bonchev–Trinajstić information content (AvgIpc) is 2.24. The highest BCUT2D eigenvalue weighted by molar-refractivity contribution is 6.33. The lowest BCUT2D eigenvalue weighted by Crippen LogP contribution is -2.03. The van der Waals surface area contributed by atoms with Crippen molar-refractivity contribution in [2.24, 2.45) is 0 Å². The average molecular weight is 236 g/mol. The smallest absolute Gasteiger partial charge is 0.232 e. The summed E-state index contributed by atoms with van der Waals surface area (Å²) < 4.78 is 0. The van der Waals surface area contributed by atoms with Gasteiger partial charge >= 0.3 is 0 Å². The van der Waals surface area contributed by atoms with Gasteiger partial charge in [0.1, 0.15) is 6.33 Å². The molecule has 1 aromatic heterocycles. The second-order valence-corrected chi connectivity index (χ2v) is 3.63. The molecule has 0 fully saturated rings. The Morgan fingerprint density at radius 1 is 1.31 bits per heavy atom. The molecule has 16 heavy (non-hydrogen) atoms. The number of para-hydroxylation sites is 1. The molecule has 1 heterocycles. The fourth-order valence-corrected chi connectivity index (χ4v) is 1.54. The molecule has 0 amide bonds. The van der Waals surface area contributed by atoms with E-state index in [1.54, 1.807) is 6.07 Å². The zero-order chi connectivity index (χ0) is 11.5. The van der Waals surface area contributed by atoms with Crippen LogP contribution in [0.4, 0.5) is 17.6 Å². The van der Waals surface area contributed by atoms with Crippen molar-refractivity contribution in [1.29, 1.82) is 0 Å². The number of aryl methyl sites for hydroxylation is 1. The van der Waals surface area contributed by atoms with Crippen molar-refractivity contribution >= 4 is 29.2 Å². The molecule has 82 valence electrons. The van der Waals surface area contributed by atoms with Gasteiger partial charge in [-0.15, -0.1) is 0 Å². The van der Waals surface area contributed by atoms with E-state index in [4.69, 9.17) is 17.3 Å². The van der Waals surface area contributed by atoms with Gasteiger partial charge in [-0.3, -0.25) is 0 Å². The normalized spacial score (nSPS) is 10.1. The van der Waals surface area contributed by atoms with E-state index < -0.39 is 0 Å². The van der Waals surface area contributed by atoms with Crippen molar-refractivity contribution in [3.63, 3.8) is 0 Å². The third kappa shape index (κ3) is 2.20. The van der Waals surface area contributed by atoms with E-state index in [1.807, 2.05) is 19.1 Å². The number of nitrogen functional groups attached to an aromatic ring is 1. The van der Waals surface area contributed by atoms with Crippen molar-refractivity contribution in [3.8, 4) is 0 Å². The van der Waals surface area contributed by atoms with E-state index in [0.717, 1.165) is 11.3 Å². The molecule has 2 rings (SSSR count). The topological polar surface area (TPSA) is 76.7 Å². The first kappa shape index (κ1) is 10.6. The lowest BCUT2D eigenvalue weighted by Gasteiger charge is -2.09. The summed E-state index contributed by atoms with van der Waals surface area (Å²) in [5, 5.41) is 3.62. The van der Waals surface area contributed by atoms with E-state index >= 15 is 0 Å². The summed E-state index contributed by atoms with van der Waals surface area (Å²) in [4.78, 5) is 11.6. The van der Waals surface area contributed by atoms with Crippen LogP contribution in [-0.2, 0) is 0 Å². The van der Waals surface area contributed by atoms with Gasteiger partial charge in [-0.05, 0) is 18.6 Å². The lowest BCUT2D eigenvalue weighted by atomic mass is 10.2. The number of hydrogen-bond acceptors (Lipinski definition) is 5. The van der Waals surface area contributed by atoms with E-state index in [9.17, 15) is 0 Å². The van der Waals surface area contributed by atoms with Gasteiger partial charge in [-0.1, -0.05) is 23.7 Å². The van der Waals surface area contributed by atoms with E-state index in [0.29, 0.717) is 11.0 Å². The Morgan fingerprint density at radius 2 is 2.12 bits per heavy atom. The molecule has 0 unspecified atom stereocenters. The zero-order valence-electron chi connectivity index (χ0n) is 8.61. The quantitative estimate of drug-likeness (QED) is 0.834. The predicted octanol–water partition coefficient (Wildman–Crippen LogP) is 2.16. The monoisotopic (exact) mass is 235 g/mol. The minimum absolute atomic E-state index is 0.169. The summed E-state index contributed by atoms with van der Waals surface area (Å²) >= 11 is 6.05. The van der Waals surface area contributed by atoms with Gasteiger partial charge in [0.15, 0.2) is 0 Å². The minimum atomic E-state index is 0.169. The van der Waals surface area contributed by atoms with E-state index in [-0.39, 0.29) is 5.95 Å². The van der Waals surface area contributed by atoms with E-state index in [1.165, 1.54) is 6.33 Å². The van der Waals surface area contributed by atoms with Gasteiger partial charge in [0.25, 0.3) is 0 Å². The van der Waals surface area contributed by atoms with Crippen LogP contribution in [0.1, 0.15) is 5.56 Å². The Hall–Kier alpha value is -1.88. The lowest BCUT2D eigenvalue weighted by molar-refractivity contribution is 1.07. The van der Waals surface area contributed by atoms with Gasteiger partial charge in [0.05, 0.1) is 10.7 Å². The van der Waals surface area contributed by atoms with E-state index in [2.05, 4.69) is 20.3 Å². The molecule has 0 saturated heterocycles. The molecule has 0 aliphatic heterocycles. The highest BCUT2D eigenvalue weighted by Gasteiger charge is 2.05. The van der Waals surface area contributed by atoms with Crippen LogP contribution in [-0.4, -0.2) is 15.0 Å². The summed E-state index contributed by atoms with van der Waals surface area (Å²) in [7, 11) is 0. The molecule has 0 saturated carbocycles. The van der Waals surface area contributed by atoms with Gasteiger partial charge in [0, 0.05) is 0 Å². The second kappa shape index (κ2) is 4.32. The first-order valence-electron chi connectivity index (χ1n) is 4.63.